The van der Waals surface area contributed by atoms with E-state index >= 15 is 0 Å². The van der Waals surface area contributed by atoms with Gasteiger partial charge >= 0.3 is 0 Å². The van der Waals surface area contributed by atoms with Crippen molar-refractivity contribution in [3.63, 3.8) is 0 Å². The smallest absolute Gasteiger partial charge is 0.248 e. The first-order valence-electron chi connectivity index (χ1n) is 5.13. The first-order valence-corrected chi connectivity index (χ1v) is 7.00. The molecule has 1 N–H and O–H groups in total. The Morgan fingerprint density at radius 1 is 1.41 bits per heavy atom. The fourth-order valence-corrected chi connectivity index (χ4v) is 2.28. The molecule has 1 heterocycles. The van der Waals surface area contributed by atoms with E-state index in [-0.39, 0.29) is 0 Å². The van der Waals surface area contributed by atoms with Crippen molar-refractivity contribution in [2.75, 3.05) is 13.6 Å². The minimum Gasteiger partial charge on any atom is -0.421 e. The Morgan fingerprint density at radius 2 is 2.24 bits per heavy atom. The number of benzene rings is 1. The molecule has 0 amide bonds. The Bertz CT molecular complexity index is 515. The van der Waals surface area contributed by atoms with Crippen molar-refractivity contribution in [2.45, 2.75) is 6.42 Å². The molecule has 0 unspecified atom stereocenters. The summed E-state index contributed by atoms with van der Waals surface area (Å²) in [4.78, 5) is 0. The van der Waals surface area contributed by atoms with E-state index in [1.165, 1.54) is 0 Å². The molecule has 1 aromatic carbocycles. The van der Waals surface area contributed by atoms with Gasteiger partial charge in [-0.05, 0) is 47.8 Å². The van der Waals surface area contributed by atoms with Gasteiger partial charge in [0.1, 0.15) is 0 Å². The van der Waals surface area contributed by atoms with Crippen LogP contribution in [0.5, 0.6) is 0 Å². The van der Waals surface area contributed by atoms with E-state index in [9.17, 15) is 0 Å². The summed E-state index contributed by atoms with van der Waals surface area (Å²) in [6.45, 7) is 0.831. The summed E-state index contributed by atoms with van der Waals surface area (Å²) in [7, 11) is 1.90. The third-order valence-corrected chi connectivity index (χ3v) is 3.65. The molecule has 0 spiro atoms. The summed E-state index contributed by atoms with van der Waals surface area (Å²) in [5, 5.41) is 11.1. The van der Waals surface area contributed by atoms with Crippen LogP contribution in [0, 0.1) is 3.57 Å². The molecule has 0 saturated heterocycles. The molecule has 0 saturated carbocycles. The van der Waals surface area contributed by atoms with Crippen molar-refractivity contribution in [2.24, 2.45) is 0 Å². The van der Waals surface area contributed by atoms with E-state index in [1.54, 1.807) is 0 Å². The largest absolute Gasteiger partial charge is 0.421 e. The fourth-order valence-electron chi connectivity index (χ4n) is 1.36. The lowest BCUT2D eigenvalue weighted by atomic mass is 10.2. The topological polar surface area (TPSA) is 51.0 Å². The summed E-state index contributed by atoms with van der Waals surface area (Å²) in [5.74, 6) is 1.23. The lowest BCUT2D eigenvalue weighted by Crippen LogP contribution is -2.10. The second-order valence-corrected chi connectivity index (χ2v) is 5.56. The standard InChI is InChI=1S/C11H11BrIN3O/c1-14-5-4-10-15-16-11(17-10)8-6-7(12)2-3-9(8)13/h2-3,6,14H,4-5H2,1H3. The molecule has 17 heavy (non-hydrogen) atoms. The van der Waals surface area contributed by atoms with E-state index in [0.717, 1.165) is 26.6 Å². The molecule has 0 fully saturated rings. The molecular formula is C11H11BrIN3O. The summed E-state index contributed by atoms with van der Waals surface area (Å²) < 4.78 is 7.71. The highest BCUT2D eigenvalue weighted by molar-refractivity contribution is 14.1. The average Bonchev–Trinajstić information content (AvgIpc) is 2.78. The van der Waals surface area contributed by atoms with Gasteiger partial charge in [-0.3, -0.25) is 0 Å². The van der Waals surface area contributed by atoms with Gasteiger partial charge < -0.3 is 9.73 Å². The van der Waals surface area contributed by atoms with Crippen LogP contribution in [-0.4, -0.2) is 23.8 Å². The lowest BCUT2D eigenvalue weighted by molar-refractivity contribution is 0.500. The van der Waals surface area contributed by atoms with Crippen molar-refractivity contribution < 1.29 is 4.42 Å². The second-order valence-electron chi connectivity index (χ2n) is 3.48. The van der Waals surface area contributed by atoms with Gasteiger partial charge in [0.05, 0.1) is 5.56 Å². The first-order chi connectivity index (χ1) is 8.20. The lowest BCUT2D eigenvalue weighted by Gasteiger charge is -1.99. The van der Waals surface area contributed by atoms with Crippen LogP contribution in [0.1, 0.15) is 5.89 Å². The van der Waals surface area contributed by atoms with Crippen molar-refractivity contribution in [3.05, 3.63) is 32.1 Å². The van der Waals surface area contributed by atoms with Crippen LogP contribution < -0.4 is 5.32 Å². The summed E-state index contributed by atoms with van der Waals surface area (Å²) in [6, 6.07) is 5.98. The van der Waals surface area contributed by atoms with Crippen molar-refractivity contribution in [1.29, 1.82) is 0 Å². The molecule has 0 aliphatic heterocycles. The SMILES string of the molecule is CNCCc1nnc(-c2cc(Br)ccc2I)o1. The predicted molar refractivity (Wildman–Crippen MR) is 77.8 cm³/mol. The predicted octanol–water partition coefficient (Wildman–Crippen LogP) is 2.87. The average molecular weight is 408 g/mol. The van der Waals surface area contributed by atoms with Crippen LogP contribution >= 0.6 is 38.5 Å². The van der Waals surface area contributed by atoms with Crippen LogP contribution in [0.25, 0.3) is 11.5 Å². The van der Waals surface area contributed by atoms with Gasteiger partial charge in [-0.2, -0.15) is 0 Å². The molecular weight excluding hydrogens is 397 g/mol. The third-order valence-electron chi connectivity index (χ3n) is 2.21. The maximum Gasteiger partial charge on any atom is 0.248 e. The summed E-state index contributed by atoms with van der Waals surface area (Å²) in [6.07, 6.45) is 0.744. The Labute approximate surface area is 121 Å². The highest BCUT2D eigenvalue weighted by Gasteiger charge is 2.11. The van der Waals surface area contributed by atoms with Crippen LogP contribution in [0.4, 0.5) is 0 Å². The number of nitrogens with zero attached hydrogens (tertiary/aromatic N) is 2. The van der Waals surface area contributed by atoms with Crippen LogP contribution in [0.15, 0.2) is 27.1 Å². The van der Waals surface area contributed by atoms with Crippen molar-refractivity contribution in [3.8, 4) is 11.5 Å². The monoisotopic (exact) mass is 407 g/mol. The number of nitrogens with one attached hydrogen (secondary N) is 1. The molecule has 0 atom stereocenters. The molecule has 2 aromatic rings. The maximum absolute atomic E-state index is 5.62. The van der Waals surface area contributed by atoms with E-state index in [0.29, 0.717) is 11.8 Å². The Balaban J connectivity index is 2.27. The summed E-state index contributed by atoms with van der Waals surface area (Å²) in [5.41, 5.74) is 0.961. The van der Waals surface area contributed by atoms with Gasteiger partial charge in [-0.15, -0.1) is 10.2 Å². The Kier molecular flexibility index (Phi) is 4.52. The molecule has 0 aliphatic rings. The highest BCUT2D eigenvalue weighted by Crippen LogP contribution is 2.27. The van der Waals surface area contributed by atoms with E-state index in [2.05, 4.69) is 54.0 Å². The minimum absolute atomic E-state index is 0.571. The molecule has 2 rings (SSSR count). The van der Waals surface area contributed by atoms with Crippen LogP contribution in [0.2, 0.25) is 0 Å². The van der Waals surface area contributed by atoms with Crippen LogP contribution in [-0.2, 0) is 6.42 Å². The van der Waals surface area contributed by atoms with Gasteiger partial charge in [-0.1, -0.05) is 15.9 Å². The Hall–Kier alpha value is -0.470. The minimum atomic E-state index is 0.571. The quantitative estimate of drug-likeness (QED) is 0.792. The Morgan fingerprint density at radius 3 is 3.00 bits per heavy atom. The normalized spacial score (nSPS) is 10.8. The molecule has 0 radical (unpaired) electrons. The summed E-state index contributed by atoms with van der Waals surface area (Å²) >= 11 is 5.70. The molecule has 90 valence electrons. The molecule has 4 nitrogen and oxygen atoms in total. The van der Waals surface area contributed by atoms with Gasteiger partial charge in [-0.25, -0.2) is 0 Å². The van der Waals surface area contributed by atoms with Gasteiger partial charge in [0.25, 0.3) is 0 Å². The van der Waals surface area contributed by atoms with E-state index in [4.69, 9.17) is 4.42 Å². The van der Waals surface area contributed by atoms with E-state index in [1.807, 2.05) is 25.2 Å². The zero-order valence-corrected chi connectivity index (χ0v) is 12.9. The molecule has 0 aliphatic carbocycles. The number of rotatable bonds is 4. The number of hydrogen-bond donors (Lipinski definition) is 1. The molecule has 6 heteroatoms. The molecule has 1 aromatic heterocycles. The molecule has 0 bridgehead atoms. The number of aromatic nitrogens is 2. The zero-order chi connectivity index (χ0) is 12.3. The van der Waals surface area contributed by atoms with Gasteiger partial charge in [0.2, 0.25) is 11.8 Å². The second kappa shape index (κ2) is 5.92. The highest BCUT2D eigenvalue weighted by atomic mass is 127. The number of hydrogen-bond acceptors (Lipinski definition) is 4. The zero-order valence-electron chi connectivity index (χ0n) is 9.20. The van der Waals surface area contributed by atoms with Crippen molar-refractivity contribution >= 4 is 38.5 Å². The fraction of sp³-hybridized carbons (Fsp3) is 0.273. The van der Waals surface area contributed by atoms with Crippen LogP contribution in [0.3, 0.4) is 0 Å². The maximum atomic E-state index is 5.62. The van der Waals surface area contributed by atoms with Crippen molar-refractivity contribution in [1.82, 2.24) is 15.5 Å². The number of likely N-dealkylation sites (N-methyl/N-ethyl adjacent to an activating group) is 1. The first kappa shape index (κ1) is 13.0. The van der Waals surface area contributed by atoms with Gasteiger partial charge in [0.15, 0.2) is 0 Å². The van der Waals surface area contributed by atoms with Gasteiger partial charge in [0, 0.05) is 21.0 Å². The van der Waals surface area contributed by atoms with E-state index < -0.39 is 0 Å². The number of halogens is 2. The third kappa shape index (κ3) is 3.26.